The fourth-order valence-electron chi connectivity index (χ4n) is 2.00. The molecule has 0 saturated heterocycles. The zero-order valence-electron chi connectivity index (χ0n) is 8.44. The minimum absolute atomic E-state index is 0.0217. The molecule has 0 aliphatic heterocycles. The Kier molecular flexibility index (Phi) is 2.00. The van der Waals surface area contributed by atoms with Crippen LogP contribution in [-0.4, -0.2) is 15.5 Å². The van der Waals surface area contributed by atoms with E-state index in [1.807, 2.05) is 18.3 Å². The Morgan fingerprint density at radius 1 is 1.47 bits per heavy atom. The standard InChI is InChI=1S/C11H13N3S/c12-11(4-2-5-11)7-9-14-8-3-1-6-13-10(8)15-9/h1,3,6H,2,4-5,7,12H2. The maximum atomic E-state index is 6.20. The van der Waals surface area contributed by atoms with Gasteiger partial charge in [0.15, 0.2) is 0 Å². The molecule has 0 amide bonds. The molecule has 0 unspecified atom stereocenters. The minimum atomic E-state index is 0.0217. The second-order valence-corrected chi connectivity index (χ2v) is 5.39. The third-order valence-electron chi connectivity index (χ3n) is 3.06. The molecule has 0 atom stereocenters. The fraction of sp³-hybridized carbons (Fsp3) is 0.455. The normalized spacial score (nSPS) is 19.0. The molecule has 2 aromatic rings. The molecule has 0 bridgehead atoms. The van der Waals surface area contributed by atoms with Gasteiger partial charge in [-0.15, -0.1) is 0 Å². The summed E-state index contributed by atoms with van der Waals surface area (Å²) in [5.41, 5.74) is 7.23. The second-order valence-electron chi connectivity index (χ2n) is 4.33. The number of rotatable bonds is 2. The quantitative estimate of drug-likeness (QED) is 0.841. The summed E-state index contributed by atoms with van der Waals surface area (Å²) in [5.74, 6) is 0. The van der Waals surface area contributed by atoms with E-state index in [9.17, 15) is 0 Å². The van der Waals surface area contributed by atoms with Gasteiger partial charge in [-0.25, -0.2) is 9.97 Å². The second kappa shape index (κ2) is 3.25. The van der Waals surface area contributed by atoms with E-state index in [0.717, 1.165) is 34.6 Å². The number of nitrogens with two attached hydrogens (primary N) is 1. The monoisotopic (exact) mass is 219 g/mol. The topological polar surface area (TPSA) is 51.8 Å². The predicted octanol–water partition coefficient (Wildman–Crippen LogP) is 2.12. The van der Waals surface area contributed by atoms with Gasteiger partial charge < -0.3 is 5.73 Å². The number of hydrogen-bond acceptors (Lipinski definition) is 4. The molecule has 2 N–H and O–H groups in total. The molecule has 1 saturated carbocycles. The first-order valence-electron chi connectivity index (χ1n) is 5.25. The van der Waals surface area contributed by atoms with Gasteiger partial charge in [-0.3, -0.25) is 0 Å². The molecule has 78 valence electrons. The molecule has 0 radical (unpaired) electrons. The van der Waals surface area contributed by atoms with Crippen molar-refractivity contribution < 1.29 is 0 Å². The molecule has 4 heteroatoms. The van der Waals surface area contributed by atoms with E-state index in [4.69, 9.17) is 5.73 Å². The molecule has 15 heavy (non-hydrogen) atoms. The first-order chi connectivity index (χ1) is 7.25. The third-order valence-corrected chi connectivity index (χ3v) is 4.04. The average molecular weight is 219 g/mol. The van der Waals surface area contributed by atoms with E-state index >= 15 is 0 Å². The highest BCUT2D eigenvalue weighted by atomic mass is 32.1. The molecule has 1 fully saturated rings. The molecule has 0 spiro atoms. The van der Waals surface area contributed by atoms with Crippen LogP contribution in [0.25, 0.3) is 10.3 Å². The Morgan fingerprint density at radius 2 is 2.33 bits per heavy atom. The van der Waals surface area contributed by atoms with Crippen LogP contribution in [0.4, 0.5) is 0 Å². The smallest absolute Gasteiger partial charge is 0.143 e. The van der Waals surface area contributed by atoms with Crippen LogP contribution >= 0.6 is 11.3 Å². The summed E-state index contributed by atoms with van der Waals surface area (Å²) in [7, 11) is 0. The van der Waals surface area contributed by atoms with Gasteiger partial charge in [0.2, 0.25) is 0 Å². The fourth-order valence-corrected chi connectivity index (χ4v) is 3.06. The van der Waals surface area contributed by atoms with Crippen LogP contribution in [0.5, 0.6) is 0 Å². The first kappa shape index (κ1) is 9.24. The van der Waals surface area contributed by atoms with Crippen LogP contribution in [0.1, 0.15) is 24.3 Å². The van der Waals surface area contributed by atoms with Crippen molar-refractivity contribution in [2.75, 3.05) is 0 Å². The highest BCUT2D eigenvalue weighted by Gasteiger charge is 2.33. The number of aromatic nitrogens is 2. The minimum Gasteiger partial charge on any atom is -0.325 e. The lowest BCUT2D eigenvalue weighted by molar-refractivity contribution is 0.247. The Balaban J connectivity index is 1.91. The van der Waals surface area contributed by atoms with Gasteiger partial charge in [-0.05, 0) is 31.4 Å². The Labute approximate surface area is 92.4 Å². The Morgan fingerprint density at radius 3 is 3.00 bits per heavy atom. The van der Waals surface area contributed by atoms with Crippen molar-refractivity contribution in [2.24, 2.45) is 5.73 Å². The summed E-state index contributed by atoms with van der Waals surface area (Å²) in [6, 6.07) is 3.93. The number of hydrogen-bond donors (Lipinski definition) is 1. The van der Waals surface area contributed by atoms with Crippen molar-refractivity contribution in [3.05, 3.63) is 23.3 Å². The van der Waals surface area contributed by atoms with Gasteiger partial charge in [0.05, 0.1) is 5.01 Å². The Bertz CT molecular complexity index is 454. The van der Waals surface area contributed by atoms with Crippen LogP contribution in [0.2, 0.25) is 0 Å². The average Bonchev–Trinajstić information content (AvgIpc) is 2.57. The number of pyridine rings is 1. The van der Waals surface area contributed by atoms with Crippen molar-refractivity contribution in [2.45, 2.75) is 31.2 Å². The SMILES string of the molecule is NC1(Cc2nc3cccnc3s2)CCC1. The highest BCUT2D eigenvalue weighted by molar-refractivity contribution is 7.18. The zero-order valence-corrected chi connectivity index (χ0v) is 9.26. The van der Waals surface area contributed by atoms with Crippen LogP contribution in [0, 0.1) is 0 Å². The number of nitrogens with zero attached hydrogens (tertiary/aromatic N) is 2. The van der Waals surface area contributed by atoms with Gasteiger partial charge in [-0.2, -0.15) is 0 Å². The van der Waals surface area contributed by atoms with E-state index in [0.29, 0.717) is 0 Å². The summed E-state index contributed by atoms with van der Waals surface area (Å²) in [5, 5.41) is 1.13. The molecule has 2 aromatic heterocycles. The molecular formula is C11H13N3S. The van der Waals surface area contributed by atoms with Crippen LogP contribution in [0.15, 0.2) is 18.3 Å². The van der Waals surface area contributed by atoms with Gasteiger partial charge in [-0.1, -0.05) is 11.3 Å². The molecule has 1 aliphatic rings. The summed E-state index contributed by atoms with van der Waals surface area (Å²) < 4.78 is 0. The Hall–Kier alpha value is -1.00. The van der Waals surface area contributed by atoms with E-state index in [2.05, 4.69) is 9.97 Å². The zero-order chi connectivity index (χ0) is 10.3. The molecule has 3 rings (SSSR count). The van der Waals surface area contributed by atoms with E-state index < -0.39 is 0 Å². The van der Waals surface area contributed by atoms with Crippen molar-refractivity contribution in [3.63, 3.8) is 0 Å². The molecule has 2 heterocycles. The predicted molar refractivity (Wildman–Crippen MR) is 61.9 cm³/mol. The lowest BCUT2D eigenvalue weighted by Crippen LogP contribution is -2.48. The molecule has 0 aromatic carbocycles. The first-order valence-corrected chi connectivity index (χ1v) is 6.06. The lowest BCUT2D eigenvalue weighted by atomic mass is 9.75. The summed E-state index contributed by atoms with van der Waals surface area (Å²) in [6.07, 6.45) is 6.26. The van der Waals surface area contributed by atoms with Crippen molar-refractivity contribution >= 4 is 21.7 Å². The highest BCUT2D eigenvalue weighted by Crippen LogP contribution is 2.34. The third kappa shape index (κ3) is 1.64. The lowest BCUT2D eigenvalue weighted by Gasteiger charge is -2.37. The van der Waals surface area contributed by atoms with Crippen molar-refractivity contribution in [1.29, 1.82) is 0 Å². The maximum absolute atomic E-state index is 6.20. The molecular weight excluding hydrogens is 206 g/mol. The van der Waals surface area contributed by atoms with E-state index in [1.165, 1.54) is 6.42 Å². The van der Waals surface area contributed by atoms with E-state index in [-0.39, 0.29) is 5.54 Å². The van der Waals surface area contributed by atoms with Crippen LogP contribution in [0.3, 0.4) is 0 Å². The summed E-state index contributed by atoms with van der Waals surface area (Å²) >= 11 is 1.67. The van der Waals surface area contributed by atoms with Crippen molar-refractivity contribution in [3.8, 4) is 0 Å². The van der Waals surface area contributed by atoms with Crippen LogP contribution in [-0.2, 0) is 6.42 Å². The van der Waals surface area contributed by atoms with Gasteiger partial charge >= 0.3 is 0 Å². The van der Waals surface area contributed by atoms with Crippen molar-refractivity contribution in [1.82, 2.24) is 9.97 Å². The summed E-state index contributed by atoms with van der Waals surface area (Å²) in [6.45, 7) is 0. The van der Waals surface area contributed by atoms with E-state index in [1.54, 1.807) is 11.3 Å². The number of thiazole rings is 1. The van der Waals surface area contributed by atoms with Gasteiger partial charge in [0, 0.05) is 18.2 Å². The summed E-state index contributed by atoms with van der Waals surface area (Å²) in [4.78, 5) is 9.87. The van der Waals surface area contributed by atoms with Crippen LogP contribution < -0.4 is 5.73 Å². The van der Waals surface area contributed by atoms with Gasteiger partial charge in [0.25, 0.3) is 0 Å². The number of fused-ring (bicyclic) bond motifs is 1. The molecule has 1 aliphatic carbocycles. The molecule has 3 nitrogen and oxygen atoms in total. The largest absolute Gasteiger partial charge is 0.325 e. The van der Waals surface area contributed by atoms with Gasteiger partial charge in [0.1, 0.15) is 10.3 Å². The maximum Gasteiger partial charge on any atom is 0.143 e.